The van der Waals surface area contributed by atoms with Gasteiger partial charge in [0.1, 0.15) is 0 Å². The van der Waals surface area contributed by atoms with Gasteiger partial charge < -0.3 is 9.80 Å². The topological polar surface area (TPSA) is 18.8 Å². The molecule has 3 nitrogen and oxygen atoms in total. The monoisotopic (exact) mass is 233 g/mol. The molecule has 1 atom stereocenters. The van der Waals surface area contributed by atoms with Crippen LogP contribution in [0.15, 0.2) is 16.4 Å². The molecular formula is C12H15N3S. The van der Waals surface area contributed by atoms with E-state index in [4.69, 9.17) is 0 Å². The molecule has 84 valence electrons. The van der Waals surface area contributed by atoms with Gasteiger partial charge in [0, 0.05) is 24.5 Å². The van der Waals surface area contributed by atoms with Crippen LogP contribution >= 0.6 is 11.3 Å². The molecule has 0 amide bonds. The Morgan fingerprint density at radius 3 is 3.31 bits per heavy atom. The lowest BCUT2D eigenvalue weighted by atomic mass is 9.91. The molecule has 0 aliphatic carbocycles. The highest BCUT2D eigenvalue weighted by molar-refractivity contribution is 7.10. The van der Waals surface area contributed by atoms with Crippen molar-refractivity contribution in [2.24, 2.45) is 4.99 Å². The molecule has 0 aromatic carbocycles. The minimum atomic E-state index is 0.195. The fourth-order valence-corrected chi connectivity index (χ4v) is 4.45. The van der Waals surface area contributed by atoms with Crippen molar-refractivity contribution in [3.63, 3.8) is 0 Å². The highest BCUT2D eigenvalue weighted by Gasteiger charge is 2.50. The molecule has 3 aliphatic heterocycles. The Bertz CT molecular complexity index is 478. The van der Waals surface area contributed by atoms with E-state index in [2.05, 4.69) is 33.2 Å². The van der Waals surface area contributed by atoms with Crippen LogP contribution in [0.2, 0.25) is 0 Å². The molecule has 0 saturated carbocycles. The quantitative estimate of drug-likeness (QED) is 0.676. The van der Waals surface area contributed by atoms with Crippen molar-refractivity contribution in [3.05, 3.63) is 21.9 Å². The van der Waals surface area contributed by atoms with E-state index >= 15 is 0 Å². The van der Waals surface area contributed by atoms with Crippen molar-refractivity contribution in [2.75, 3.05) is 26.2 Å². The largest absolute Gasteiger partial charge is 0.338 e. The van der Waals surface area contributed by atoms with Gasteiger partial charge >= 0.3 is 0 Å². The first kappa shape index (κ1) is 9.05. The van der Waals surface area contributed by atoms with Crippen LogP contribution in [0.4, 0.5) is 0 Å². The van der Waals surface area contributed by atoms with Gasteiger partial charge in [-0.3, -0.25) is 4.99 Å². The molecule has 1 aromatic heterocycles. The van der Waals surface area contributed by atoms with Crippen molar-refractivity contribution >= 4 is 17.3 Å². The first-order valence-corrected chi connectivity index (χ1v) is 6.81. The number of hydrogen-bond acceptors (Lipinski definition) is 4. The number of guanidine groups is 1. The summed E-state index contributed by atoms with van der Waals surface area (Å²) in [6, 6.07) is 2.30. The summed E-state index contributed by atoms with van der Waals surface area (Å²) < 4.78 is 0. The predicted octanol–water partition coefficient (Wildman–Crippen LogP) is 1.51. The van der Waals surface area contributed by atoms with E-state index in [1.165, 1.54) is 12.4 Å². The second-order valence-corrected chi connectivity index (χ2v) is 5.97. The van der Waals surface area contributed by atoms with Crippen LogP contribution in [0.3, 0.4) is 0 Å². The van der Waals surface area contributed by atoms with Crippen molar-refractivity contribution in [1.82, 2.24) is 9.80 Å². The van der Waals surface area contributed by atoms with E-state index in [0.717, 1.165) is 26.2 Å². The minimum Gasteiger partial charge on any atom is -0.338 e. The highest BCUT2D eigenvalue weighted by atomic mass is 32.1. The van der Waals surface area contributed by atoms with Gasteiger partial charge in [-0.25, -0.2) is 0 Å². The molecule has 1 saturated heterocycles. The number of hydrogen-bond donors (Lipinski definition) is 0. The molecule has 4 rings (SSSR count). The predicted molar refractivity (Wildman–Crippen MR) is 66.0 cm³/mol. The molecule has 0 N–H and O–H groups in total. The summed E-state index contributed by atoms with van der Waals surface area (Å²) in [6.45, 7) is 6.73. The molecule has 1 unspecified atom stereocenters. The Kier molecular flexibility index (Phi) is 1.58. The molecule has 1 aromatic rings. The van der Waals surface area contributed by atoms with Crippen molar-refractivity contribution in [2.45, 2.75) is 18.9 Å². The fraction of sp³-hybridized carbons (Fsp3) is 0.583. The van der Waals surface area contributed by atoms with Crippen LogP contribution in [0, 0.1) is 0 Å². The van der Waals surface area contributed by atoms with Crippen molar-refractivity contribution < 1.29 is 0 Å². The van der Waals surface area contributed by atoms with Gasteiger partial charge in [0.05, 0.1) is 12.1 Å². The molecule has 0 radical (unpaired) electrons. The van der Waals surface area contributed by atoms with Gasteiger partial charge in [-0.15, -0.1) is 11.3 Å². The Morgan fingerprint density at radius 1 is 1.44 bits per heavy atom. The molecule has 1 fully saturated rings. The molecule has 4 heterocycles. The maximum atomic E-state index is 4.66. The van der Waals surface area contributed by atoms with Crippen molar-refractivity contribution in [1.29, 1.82) is 0 Å². The van der Waals surface area contributed by atoms with E-state index in [1.54, 1.807) is 10.4 Å². The number of nitrogens with zero attached hydrogens (tertiary/aromatic N) is 3. The number of thiophene rings is 1. The molecule has 0 bridgehead atoms. The lowest BCUT2D eigenvalue weighted by Crippen LogP contribution is -2.46. The maximum Gasteiger partial charge on any atom is 0.197 e. The van der Waals surface area contributed by atoms with Gasteiger partial charge in [-0.05, 0) is 30.4 Å². The van der Waals surface area contributed by atoms with Crippen LogP contribution in [-0.2, 0) is 12.0 Å². The van der Waals surface area contributed by atoms with E-state index in [9.17, 15) is 0 Å². The van der Waals surface area contributed by atoms with E-state index in [-0.39, 0.29) is 5.54 Å². The Morgan fingerprint density at radius 2 is 2.38 bits per heavy atom. The Hall–Kier alpha value is -1.03. The Labute approximate surface area is 99.4 Å². The average Bonchev–Trinajstić information content (AvgIpc) is 2.88. The third kappa shape index (κ3) is 0.919. The van der Waals surface area contributed by atoms with E-state index in [1.807, 2.05) is 11.3 Å². The second-order valence-electron chi connectivity index (χ2n) is 5.05. The van der Waals surface area contributed by atoms with Crippen LogP contribution in [0.5, 0.6) is 0 Å². The van der Waals surface area contributed by atoms with Gasteiger partial charge in [0.25, 0.3) is 0 Å². The molecule has 3 aliphatic rings. The minimum absolute atomic E-state index is 0.195. The lowest BCUT2D eigenvalue weighted by molar-refractivity contribution is 0.211. The zero-order chi connectivity index (χ0) is 10.8. The fourth-order valence-electron chi connectivity index (χ4n) is 3.33. The first-order chi connectivity index (χ1) is 7.79. The van der Waals surface area contributed by atoms with Crippen molar-refractivity contribution in [3.8, 4) is 0 Å². The van der Waals surface area contributed by atoms with Crippen LogP contribution in [0.1, 0.15) is 17.4 Å². The van der Waals surface area contributed by atoms with E-state index in [0.29, 0.717) is 0 Å². The SMILES string of the molecule is CC12CN3CCN=C3N1CCc1ccsc12. The summed E-state index contributed by atoms with van der Waals surface area (Å²) in [7, 11) is 0. The molecule has 4 heteroatoms. The molecule has 0 spiro atoms. The summed E-state index contributed by atoms with van der Waals surface area (Å²) >= 11 is 1.92. The zero-order valence-electron chi connectivity index (χ0n) is 9.44. The van der Waals surface area contributed by atoms with Gasteiger partial charge in [-0.2, -0.15) is 0 Å². The van der Waals surface area contributed by atoms with Crippen LogP contribution < -0.4 is 0 Å². The lowest BCUT2D eigenvalue weighted by Gasteiger charge is -2.38. The maximum absolute atomic E-state index is 4.66. The first-order valence-electron chi connectivity index (χ1n) is 5.93. The third-order valence-electron chi connectivity index (χ3n) is 4.08. The smallest absolute Gasteiger partial charge is 0.197 e. The number of fused-ring (bicyclic) bond motifs is 5. The Balaban J connectivity index is 1.88. The number of rotatable bonds is 0. The summed E-state index contributed by atoms with van der Waals surface area (Å²) in [5.41, 5.74) is 1.76. The van der Waals surface area contributed by atoms with Gasteiger partial charge in [-0.1, -0.05) is 0 Å². The van der Waals surface area contributed by atoms with E-state index < -0.39 is 0 Å². The summed E-state index contributed by atoms with van der Waals surface area (Å²) in [6.07, 6.45) is 1.18. The third-order valence-corrected chi connectivity index (χ3v) is 5.29. The highest BCUT2D eigenvalue weighted by Crippen LogP contribution is 2.44. The van der Waals surface area contributed by atoms with Crippen LogP contribution in [0.25, 0.3) is 0 Å². The van der Waals surface area contributed by atoms with Gasteiger partial charge in [0.15, 0.2) is 5.96 Å². The standard InChI is InChI=1S/C12H15N3S/c1-12-8-14-6-4-13-11(14)15(12)5-2-9-3-7-16-10(9)12/h3,7H,2,4-6,8H2,1H3. The zero-order valence-corrected chi connectivity index (χ0v) is 10.3. The van der Waals surface area contributed by atoms with Gasteiger partial charge in [0.2, 0.25) is 0 Å². The summed E-state index contributed by atoms with van der Waals surface area (Å²) in [5, 5.41) is 2.24. The molecular weight excluding hydrogens is 218 g/mol. The second kappa shape index (κ2) is 2.80. The summed E-state index contributed by atoms with van der Waals surface area (Å²) in [4.78, 5) is 11.2. The average molecular weight is 233 g/mol. The normalized spacial score (nSPS) is 31.2. The number of aliphatic imine (C=N–C) groups is 1. The molecule has 16 heavy (non-hydrogen) atoms. The van der Waals surface area contributed by atoms with Crippen LogP contribution in [-0.4, -0.2) is 41.9 Å². The summed E-state index contributed by atoms with van der Waals surface area (Å²) in [5.74, 6) is 1.25.